The summed E-state index contributed by atoms with van der Waals surface area (Å²) in [7, 11) is 0. The number of ether oxygens (including phenoxy) is 1. The Balaban J connectivity index is 1.55. The quantitative estimate of drug-likeness (QED) is 0.759. The summed E-state index contributed by atoms with van der Waals surface area (Å²) in [4.78, 5) is 25.6. The molecule has 0 aromatic rings. The lowest BCUT2D eigenvalue weighted by Crippen LogP contribution is -2.47. The largest absolute Gasteiger partial charge is 0.365 e. The van der Waals surface area contributed by atoms with E-state index in [-0.39, 0.29) is 29.4 Å². The van der Waals surface area contributed by atoms with Crippen LogP contribution in [0.5, 0.6) is 0 Å². The van der Waals surface area contributed by atoms with Crippen LogP contribution >= 0.6 is 0 Å². The molecule has 5 nitrogen and oxygen atoms in total. The van der Waals surface area contributed by atoms with Crippen molar-refractivity contribution in [3.63, 3.8) is 0 Å². The number of amides is 2. The van der Waals surface area contributed by atoms with Crippen molar-refractivity contribution < 1.29 is 14.3 Å². The molecule has 2 unspecified atom stereocenters. The lowest BCUT2D eigenvalue weighted by molar-refractivity contribution is -0.144. The SMILES string of the molecule is CC1CCC(C(=O)N2CCC3(CC2)CNC(=O)C3)O1. The molecule has 2 atom stereocenters. The highest BCUT2D eigenvalue weighted by atomic mass is 16.5. The lowest BCUT2D eigenvalue weighted by Gasteiger charge is -2.39. The number of carbonyl (C=O) groups is 2. The molecule has 0 radical (unpaired) electrons. The van der Waals surface area contributed by atoms with Gasteiger partial charge in [0.15, 0.2) is 0 Å². The van der Waals surface area contributed by atoms with E-state index in [0.717, 1.165) is 45.3 Å². The van der Waals surface area contributed by atoms with E-state index < -0.39 is 0 Å². The topological polar surface area (TPSA) is 58.6 Å². The molecule has 2 amide bonds. The van der Waals surface area contributed by atoms with E-state index in [1.165, 1.54) is 0 Å². The van der Waals surface area contributed by atoms with Gasteiger partial charge < -0.3 is 15.0 Å². The van der Waals surface area contributed by atoms with Crippen LogP contribution in [0.4, 0.5) is 0 Å². The van der Waals surface area contributed by atoms with Gasteiger partial charge in [-0.1, -0.05) is 0 Å². The van der Waals surface area contributed by atoms with Gasteiger partial charge >= 0.3 is 0 Å². The fourth-order valence-electron chi connectivity index (χ4n) is 3.49. The third-order valence-corrected chi connectivity index (χ3v) is 4.84. The molecular weight excluding hydrogens is 244 g/mol. The second-order valence-electron chi connectivity index (χ2n) is 6.29. The van der Waals surface area contributed by atoms with Crippen LogP contribution in [0, 0.1) is 5.41 Å². The summed E-state index contributed by atoms with van der Waals surface area (Å²) in [6, 6.07) is 0. The highest BCUT2D eigenvalue weighted by molar-refractivity contribution is 5.82. The van der Waals surface area contributed by atoms with Gasteiger partial charge in [0.25, 0.3) is 5.91 Å². The molecule has 0 aromatic carbocycles. The average molecular weight is 266 g/mol. The third-order valence-electron chi connectivity index (χ3n) is 4.84. The van der Waals surface area contributed by atoms with Crippen molar-refractivity contribution >= 4 is 11.8 Å². The number of piperidine rings is 1. The van der Waals surface area contributed by atoms with E-state index in [9.17, 15) is 9.59 Å². The van der Waals surface area contributed by atoms with Crippen molar-refractivity contribution in [2.45, 2.75) is 51.2 Å². The van der Waals surface area contributed by atoms with Gasteiger partial charge in [0, 0.05) is 26.1 Å². The van der Waals surface area contributed by atoms with Crippen LogP contribution in [0.2, 0.25) is 0 Å². The molecule has 0 aromatic heterocycles. The number of nitrogens with zero attached hydrogens (tertiary/aromatic N) is 1. The number of nitrogens with one attached hydrogen (secondary N) is 1. The van der Waals surface area contributed by atoms with E-state index in [4.69, 9.17) is 4.74 Å². The van der Waals surface area contributed by atoms with Gasteiger partial charge in [-0.15, -0.1) is 0 Å². The monoisotopic (exact) mass is 266 g/mol. The van der Waals surface area contributed by atoms with Crippen LogP contribution < -0.4 is 5.32 Å². The summed E-state index contributed by atoms with van der Waals surface area (Å²) in [6.45, 7) is 4.34. The molecule has 3 heterocycles. The summed E-state index contributed by atoms with van der Waals surface area (Å²) >= 11 is 0. The van der Waals surface area contributed by atoms with E-state index >= 15 is 0 Å². The molecule has 5 heteroatoms. The minimum Gasteiger partial charge on any atom is -0.365 e. The highest BCUT2D eigenvalue weighted by Gasteiger charge is 2.43. The predicted molar refractivity (Wildman–Crippen MR) is 69.4 cm³/mol. The first-order chi connectivity index (χ1) is 9.08. The van der Waals surface area contributed by atoms with Crippen LogP contribution in [0.3, 0.4) is 0 Å². The molecule has 3 fully saturated rings. The predicted octanol–water partition coefficient (Wildman–Crippen LogP) is 0.683. The summed E-state index contributed by atoms with van der Waals surface area (Å²) in [5, 5.41) is 2.92. The van der Waals surface area contributed by atoms with Gasteiger partial charge in [-0.2, -0.15) is 0 Å². The minimum absolute atomic E-state index is 0.109. The summed E-state index contributed by atoms with van der Waals surface area (Å²) in [6.07, 6.45) is 4.30. The van der Waals surface area contributed by atoms with Crippen molar-refractivity contribution in [1.29, 1.82) is 0 Å². The first-order valence-corrected chi connectivity index (χ1v) is 7.29. The number of hydrogen-bond donors (Lipinski definition) is 1. The number of hydrogen-bond acceptors (Lipinski definition) is 3. The molecule has 3 aliphatic heterocycles. The molecule has 1 spiro atoms. The Kier molecular flexibility index (Phi) is 3.25. The average Bonchev–Trinajstić information content (AvgIpc) is 2.97. The van der Waals surface area contributed by atoms with Crippen molar-refractivity contribution in [2.24, 2.45) is 5.41 Å². The zero-order valence-corrected chi connectivity index (χ0v) is 11.5. The van der Waals surface area contributed by atoms with E-state index in [1.807, 2.05) is 11.8 Å². The smallest absolute Gasteiger partial charge is 0.251 e. The van der Waals surface area contributed by atoms with Crippen LogP contribution in [0.1, 0.15) is 39.0 Å². The fourth-order valence-corrected chi connectivity index (χ4v) is 3.49. The second kappa shape index (κ2) is 4.78. The van der Waals surface area contributed by atoms with Crippen molar-refractivity contribution in [1.82, 2.24) is 10.2 Å². The summed E-state index contributed by atoms with van der Waals surface area (Å²) < 4.78 is 5.65. The molecular formula is C14H22N2O3. The molecule has 3 aliphatic rings. The zero-order chi connectivity index (χ0) is 13.5. The standard InChI is InChI=1S/C14H22N2O3/c1-10-2-3-11(19-10)13(18)16-6-4-14(5-7-16)8-12(17)15-9-14/h10-11H,2-9H2,1H3,(H,15,17). The maximum absolute atomic E-state index is 12.3. The maximum Gasteiger partial charge on any atom is 0.251 e. The molecule has 3 saturated heterocycles. The van der Waals surface area contributed by atoms with Gasteiger partial charge in [-0.05, 0) is 38.0 Å². The van der Waals surface area contributed by atoms with Crippen molar-refractivity contribution in [3.05, 3.63) is 0 Å². The second-order valence-corrected chi connectivity index (χ2v) is 6.29. The Morgan fingerprint density at radius 1 is 1.37 bits per heavy atom. The molecule has 3 rings (SSSR count). The van der Waals surface area contributed by atoms with Gasteiger partial charge in [0.2, 0.25) is 5.91 Å². The molecule has 0 saturated carbocycles. The molecule has 19 heavy (non-hydrogen) atoms. The number of rotatable bonds is 1. The molecule has 0 aliphatic carbocycles. The highest BCUT2D eigenvalue weighted by Crippen LogP contribution is 2.37. The molecule has 106 valence electrons. The Bertz CT molecular complexity index is 388. The summed E-state index contributed by atoms with van der Waals surface area (Å²) in [5.41, 5.74) is 0.109. The normalized spacial score (nSPS) is 33.7. The van der Waals surface area contributed by atoms with Crippen molar-refractivity contribution in [3.8, 4) is 0 Å². The number of carbonyl (C=O) groups excluding carboxylic acids is 2. The van der Waals surface area contributed by atoms with E-state index in [2.05, 4.69) is 5.32 Å². The zero-order valence-electron chi connectivity index (χ0n) is 11.5. The van der Waals surface area contributed by atoms with Gasteiger partial charge in [-0.3, -0.25) is 9.59 Å². The van der Waals surface area contributed by atoms with Gasteiger partial charge in [0.1, 0.15) is 6.10 Å². The lowest BCUT2D eigenvalue weighted by atomic mass is 9.77. The Labute approximate surface area is 113 Å². The summed E-state index contributed by atoms with van der Waals surface area (Å²) in [5.74, 6) is 0.309. The minimum atomic E-state index is -0.229. The molecule has 0 bridgehead atoms. The van der Waals surface area contributed by atoms with Gasteiger partial charge in [-0.25, -0.2) is 0 Å². The Morgan fingerprint density at radius 3 is 2.63 bits per heavy atom. The van der Waals surface area contributed by atoms with E-state index in [1.54, 1.807) is 0 Å². The van der Waals surface area contributed by atoms with Crippen LogP contribution in [0.25, 0.3) is 0 Å². The maximum atomic E-state index is 12.3. The fraction of sp³-hybridized carbons (Fsp3) is 0.857. The van der Waals surface area contributed by atoms with Gasteiger partial charge in [0.05, 0.1) is 6.10 Å². The first-order valence-electron chi connectivity index (χ1n) is 7.29. The third kappa shape index (κ3) is 2.48. The Hall–Kier alpha value is -1.10. The van der Waals surface area contributed by atoms with E-state index in [0.29, 0.717) is 6.42 Å². The first kappa shape index (κ1) is 12.9. The van der Waals surface area contributed by atoms with Crippen LogP contribution in [-0.2, 0) is 14.3 Å². The van der Waals surface area contributed by atoms with Crippen LogP contribution in [0.15, 0.2) is 0 Å². The van der Waals surface area contributed by atoms with Crippen LogP contribution in [-0.4, -0.2) is 48.6 Å². The van der Waals surface area contributed by atoms with Crippen molar-refractivity contribution in [2.75, 3.05) is 19.6 Å². The number of likely N-dealkylation sites (tertiary alicyclic amines) is 1. The Morgan fingerprint density at radius 2 is 2.11 bits per heavy atom. The molecule has 1 N–H and O–H groups in total.